The summed E-state index contributed by atoms with van der Waals surface area (Å²) in [5, 5.41) is 41.6. The first kappa shape index (κ1) is 71.2. The first-order valence-corrected chi connectivity index (χ1v) is 28.3. The Balaban J connectivity index is 3.45. The number of phenolic OH excluding ortho intramolecular Hbond substituents is 1. The number of nitrogens with one attached hydrogen (secondary N) is 4. The van der Waals surface area contributed by atoms with E-state index in [1.165, 1.54) is 19.1 Å². The van der Waals surface area contributed by atoms with Crippen LogP contribution < -0.4 is 49.9 Å². The second-order valence-electron chi connectivity index (χ2n) is 22.6. The highest BCUT2D eigenvalue weighted by Crippen LogP contribution is 2.24. The number of aliphatic hydroxyl groups excluding tert-OH is 2. The molecule has 0 aliphatic heterocycles. The van der Waals surface area contributed by atoms with E-state index >= 15 is 0 Å². The van der Waals surface area contributed by atoms with Crippen molar-refractivity contribution in [3.05, 3.63) is 29.8 Å². The fraction of sp³-hybridized carbons (Fsp3) is 0.719. The number of rotatable bonds is 43. The molecule has 22 nitrogen and oxygen atoms in total. The standard InChI is InChI=1S/C57H98N10O12/c1-33(2)24-40(52(60)75)29-50(74)51(37(8)69)67-56(79)42(32-68)31-48(72)44(15-10-12-22-59)65-55(78)41(25-34(3)4)30-49(73)46(26-35(5)6)66-54(77)39(14-9-11-21-58)28-47(71)45(16-13-23-63-57(61)62)64-53(76)36(7)27-38-17-19-43(70)20-18-38/h17-20,33-37,39-42,44-46,51,68-70H,9-16,21-32,58-59H2,1-8H3,(H2,60,75)(H,64,76)(H,65,78)(H,66,77)(H,67,79)(H4,61,62,63)/t36-,37?,39+,40+,41+,42-,44-,45-,46-,51?/m0/s1. The molecule has 0 fully saturated rings. The molecule has 0 spiro atoms. The zero-order valence-electron chi connectivity index (χ0n) is 48.3. The van der Waals surface area contributed by atoms with E-state index in [2.05, 4.69) is 26.3 Å². The number of amides is 5. The maximum absolute atomic E-state index is 14.5. The zero-order valence-corrected chi connectivity index (χ0v) is 48.3. The lowest BCUT2D eigenvalue weighted by Crippen LogP contribution is -2.52. The van der Waals surface area contributed by atoms with Crippen molar-refractivity contribution in [2.45, 2.75) is 188 Å². The molecule has 448 valence electrons. The molecule has 17 N–H and O–H groups in total. The molecule has 1 aromatic rings. The number of benzene rings is 1. The Morgan fingerprint density at radius 2 is 0.962 bits per heavy atom. The number of ketones is 4. The number of hydrogen-bond donors (Lipinski definition) is 12. The molecule has 0 aliphatic rings. The monoisotopic (exact) mass is 1110 g/mol. The normalized spacial score (nSPS) is 15.3. The minimum Gasteiger partial charge on any atom is -0.508 e. The van der Waals surface area contributed by atoms with Crippen molar-refractivity contribution in [3.63, 3.8) is 0 Å². The Bertz CT molecular complexity index is 2110. The summed E-state index contributed by atoms with van der Waals surface area (Å²) >= 11 is 0. The molecule has 5 amide bonds. The molecule has 0 saturated carbocycles. The molecule has 0 aromatic heterocycles. The molecule has 1 rings (SSSR count). The van der Waals surface area contributed by atoms with E-state index in [9.17, 15) is 58.5 Å². The van der Waals surface area contributed by atoms with Crippen molar-refractivity contribution in [2.24, 2.45) is 81.0 Å². The van der Waals surface area contributed by atoms with Gasteiger partial charge in [0.15, 0.2) is 29.1 Å². The smallest absolute Gasteiger partial charge is 0.226 e. The molecular formula is C57H98N10O12. The van der Waals surface area contributed by atoms with Gasteiger partial charge in [-0.1, -0.05) is 67.0 Å². The van der Waals surface area contributed by atoms with Crippen LogP contribution in [0.15, 0.2) is 29.3 Å². The highest BCUT2D eigenvalue weighted by atomic mass is 16.3. The summed E-state index contributed by atoms with van der Waals surface area (Å²) in [6, 6.07) is 1.73. The molecule has 2 unspecified atom stereocenters. The molecule has 0 bridgehead atoms. The minimum absolute atomic E-state index is 0.0218. The van der Waals surface area contributed by atoms with Gasteiger partial charge in [-0.15, -0.1) is 0 Å². The number of aliphatic imine (C=N–C) groups is 1. The van der Waals surface area contributed by atoms with Gasteiger partial charge < -0.3 is 65.3 Å². The number of guanidine groups is 1. The first-order valence-electron chi connectivity index (χ1n) is 28.3. The van der Waals surface area contributed by atoms with Gasteiger partial charge in [-0.3, -0.25) is 48.1 Å². The number of hydrogen-bond acceptors (Lipinski definition) is 15. The Morgan fingerprint density at radius 3 is 1.47 bits per heavy atom. The van der Waals surface area contributed by atoms with Crippen LogP contribution >= 0.6 is 0 Å². The average Bonchev–Trinajstić information content (AvgIpc) is 3.36. The molecule has 22 heteroatoms. The Kier molecular flexibility index (Phi) is 34.2. The van der Waals surface area contributed by atoms with Gasteiger partial charge in [-0.2, -0.15) is 0 Å². The largest absolute Gasteiger partial charge is 0.508 e. The fourth-order valence-electron chi connectivity index (χ4n) is 9.43. The van der Waals surface area contributed by atoms with Gasteiger partial charge in [0.1, 0.15) is 11.8 Å². The van der Waals surface area contributed by atoms with Crippen LogP contribution in [0.3, 0.4) is 0 Å². The summed E-state index contributed by atoms with van der Waals surface area (Å²) in [5.41, 5.74) is 29.0. The molecule has 79 heavy (non-hydrogen) atoms. The highest BCUT2D eigenvalue weighted by molar-refractivity contribution is 5.98. The predicted octanol–water partition coefficient (Wildman–Crippen LogP) is 2.12. The summed E-state index contributed by atoms with van der Waals surface area (Å²) in [5.74, 6) is -10.2. The molecular weight excluding hydrogens is 1020 g/mol. The summed E-state index contributed by atoms with van der Waals surface area (Å²) in [7, 11) is 0. The number of carbonyl (C=O) groups is 9. The number of aromatic hydroxyl groups is 1. The number of primary amides is 1. The van der Waals surface area contributed by atoms with Crippen molar-refractivity contribution < 1.29 is 58.5 Å². The topological polar surface area (TPSA) is 405 Å². The summed E-state index contributed by atoms with van der Waals surface area (Å²) < 4.78 is 0. The third-order valence-corrected chi connectivity index (χ3v) is 13.8. The van der Waals surface area contributed by atoms with Gasteiger partial charge in [0.25, 0.3) is 0 Å². The summed E-state index contributed by atoms with van der Waals surface area (Å²) in [6.07, 6.45) is 0.920. The molecule has 0 aliphatic carbocycles. The number of unbranched alkanes of at least 4 members (excludes halogenated alkanes) is 2. The molecule has 1 aromatic carbocycles. The van der Waals surface area contributed by atoms with Crippen molar-refractivity contribution in [2.75, 3.05) is 26.2 Å². The average molecular weight is 1120 g/mol. The summed E-state index contributed by atoms with van der Waals surface area (Å²) in [6.45, 7) is 14.2. The number of nitrogens with two attached hydrogens (primary N) is 5. The SMILES string of the molecule is CC(C)C[C@H](CC(=O)C(NC(=O)[C@H](CO)CC(=O)[C@H](CCCCN)NC(=O)[C@@H](CC(=O)[C@H](CC(C)C)NC(=O)[C@H](CCCCN)CC(=O)[C@H](CCCN=C(N)N)NC(=O)[C@@H](C)Cc1ccc(O)cc1)CC(C)C)C(C)O)C(N)=O. The lowest BCUT2D eigenvalue weighted by atomic mass is 9.86. The van der Waals surface area contributed by atoms with Gasteiger partial charge in [0, 0.05) is 55.9 Å². The second kappa shape index (κ2) is 37.9. The predicted molar refractivity (Wildman–Crippen MR) is 303 cm³/mol. The molecule has 0 radical (unpaired) electrons. The van der Waals surface area contributed by atoms with Crippen molar-refractivity contribution in [3.8, 4) is 5.75 Å². The van der Waals surface area contributed by atoms with Crippen molar-refractivity contribution in [1.29, 1.82) is 0 Å². The Labute approximate surface area is 468 Å². The molecule has 0 saturated heterocycles. The van der Waals surface area contributed by atoms with Gasteiger partial charge >= 0.3 is 0 Å². The van der Waals surface area contributed by atoms with Crippen molar-refractivity contribution in [1.82, 2.24) is 21.3 Å². The van der Waals surface area contributed by atoms with E-state index in [0.29, 0.717) is 51.5 Å². The number of carbonyl (C=O) groups excluding carboxylic acids is 9. The molecule has 10 atom stereocenters. The first-order chi connectivity index (χ1) is 37.1. The van der Waals surface area contributed by atoms with E-state index in [1.54, 1.807) is 19.1 Å². The number of Topliss-reactive ketones (excluding diaryl/α,β-unsaturated/α-hetero) is 4. The van der Waals surface area contributed by atoms with Crippen LogP contribution in [0, 0.1) is 47.3 Å². The number of nitrogens with zero attached hydrogens (tertiary/aromatic N) is 1. The lowest BCUT2D eigenvalue weighted by molar-refractivity contribution is -0.137. The van der Waals surface area contributed by atoms with Crippen LogP contribution in [0.2, 0.25) is 0 Å². The van der Waals surface area contributed by atoms with Gasteiger partial charge in [0.2, 0.25) is 29.5 Å². The van der Waals surface area contributed by atoms with Crippen LogP contribution in [-0.2, 0) is 49.6 Å². The summed E-state index contributed by atoms with van der Waals surface area (Å²) in [4.78, 5) is 128. The van der Waals surface area contributed by atoms with Gasteiger partial charge in [0.05, 0.1) is 36.8 Å². The third-order valence-electron chi connectivity index (χ3n) is 13.8. The van der Waals surface area contributed by atoms with Gasteiger partial charge in [-0.25, -0.2) is 0 Å². The number of aliphatic hydroxyl groups is 2. The zero-order chi connectivity index (χ0) is 59.9. The second-order valence-corrected chi connectivity index (χ2v) is 22.6. The van der Waals surface area contributed by atoms with Crippen LogP contribution in [0.4, 0.5) is 0 Å². The van der Waals surface area contributed by atoms with Crippen LogP contribution in [-0.4, -0.2) is 130 Å². The Hall–Kier alpha value is -5.84. The maximum Gasteiger partial charge on any atom is 0.226 e. The van der Waals surface area contributed by atoms with E-state index in [-0.39, 0.29) is 93.9 Å². The lowest BCUT2D eigenvalue weighted by Gasteiger charge is -2.28. The third kappa shape index (κ3) is 28.7. The van der Waals surface area contributed by atoms with Gasteiger partial charge in [-0.05, 0) is 126 Å². The molecule has 0 heterocycles. The van der Waals surface area contributed by atoms with E-state index in [4.69, 9.17) is 28.7 Å². The van der Waals surface area contributed by atoms with Crippen molar-refractivity contribution >= 4 is 58.6 Å². The van der Waals surface area contributed by atoms with E-state index in [0.717, 1.165) is 5.56 Å². The highest BCUT2D eigenvalue weighted by Gasteiger charge is 2.36. The Morgan fingerprint density at radius 1 is 0.519 bits per heavy atom. The number of phenols is 1. The van der Waals surface area contributed by atoms with Crippen LogP contribution in [0.1, 0.15) is 157 Å². The fourth-order valence-corrected chi connectivity index (χ4v) is 9.43. The van der Waals surface area contributed by atoms with Crippen LogP contribution in [0.5, 0.6) is 5.75 Å². The quantitative estimate of drug-likeness (QED) is 0.0253. The van der Waals surface area contributed by atoms with Crippen LogP contribution in [0.25, 0.3) is 0 Å². The van der Waals surface area contributed by atoms with E-state index in [1.807, 2.05) is 41.5 Å². The van der Waals surface area contributed by atoms with E-state index < -0.39 is 126 Å². The maximum atomic E-state index is 14.5. The minimum atomic E-state index is -1.47.